The molecule has 2 heterocycles. The Morgan fingerprint density at radius 1 is 1.10 bits per heavy atom. The fourth-order valence-corrected chi connectivity index (χ4v) is 1.94. The largest absolute Gasteiger partial charge is 0.497 e. The summed E-state index contributed by atoms with van der Waals surface area (Å²) in [5.74, 6) is 2.13. The van der Waals surface area contributed by atoms with Crippen molar-refractivity contribution in [2.75, 3.05) is 7.11 Å². The SMILES string of the molecule is COc1ccc(OCc2nc3ccc(Cl)cn3n2)cc1. The van der Waals surface area contributed by atoms with Gasteiger partial charge < -0.3 is 9.47 Å². The van der Waals surface area contributed by atoms with Crippen LogP contribution < -0.4 is 9.47 Å². The highest BCUT2D eigenvalue weighted by molar-refractivity contribution is 6.30. The number of pyridine rings is 1. The van der Waals surface area contributed by atoms with E-state index in [-0.39, 0.29) is 0 Å². The van der Waals surface area contributed by atoms with E-state index in [1.165, 1.54) is 0 Å². The van der Waals surface area contributed by atoms with Crippen molar-refractivity contribution in [3.8, 4) is 11.5 Å². The van der Waals surface area contributed by atoms with Crippen LogP contribution in [0.4, 0.5) is 0 Å². The second-order valence-electron chi connectivity index (χ2n) is 4.14. The predicted octanol–water partition coefficient (Wildman–Crippen LogP) is 2.97. The monoisotopic (exact) mass is 289 g/mol. The molecule has 6 heteroatoms. The van der Waals surface area contributed by atoms with Gasteiger partial charge in [-0.1, -0.05) is 11.6 Å². The highest BCUT2D eigenvalue weighted by Crippen LogP contribution is 2.18. The number of hydrogen-bond donors (Lipinski definition) is 0. The van der Waals surface area contributed by atoms with Gasteiger partial charge >= 0.3 is 0 Å². The first-order chi connectivity index (χ1) is 9.74. The average Bonchev–Trinajstić information content (AvgIpc) is 2.87. The van der Waals surface area contributed by atoms with Gasteiger partial charge in [0.05, 0.1) is 12.1 Å². The summed E-state index contributed by atoms with van der Waals surface area (Å²) >= 11 is 5.90. The Morgan fingerprint density at radius 2 is 1.85 bits per heavy atom. The molecule has 0 radical (unpaired) electrons. The van der Waals surface area contributed by atoms with E-state index in [2.05, 4.69) is 10.1 Å². The van der Waals surface area contributed by atoms with Crippen molar-refractivity contribution >= 4 is 17.2 Å². The van der Waals surface area contributed by atoms with Crippen LogP contribution in [0.5, 0.6) is 11.5 Å². The molecule has 0 amide bonds. The van der Waals surface area contributed by atoms with Crippen molar-refractivity contribution in [2.24, 2.45) is 0 Å². The van der Waals surface area contributed by atoms with E-state index in [0.29, 0.717) is 17.5 Å². The van der Waals surface area contributed by atoms with Gasteiger partial charge in [0.15, 0.2) is 11.5 Å². The van der Waals surface area contributed by atoms with Gasteiger partial charge in [-0.25, -0.2) is 9.50 Å². The van der Waals surface area contributed by atoms with Gasteiger partial charge in [-0.15, -0.1) is 5.10 Å². The van der Waals surface area contributed by atoms with Crippen molar-refractivity contribution in [2.45, 2.75) is 6.61 Å². The van der Waals surface area contributed by atoms with Gasteiger partial charge in [0.2, 0.25) is 0 Å². The molecule has 0 atom stereocenters. The van der Waals surface area contributed by atoms with Gasteiger partial charge in [-0.3, -0.25) is 0 Å². The average molecular weight is 290 g/mol. The number of ether oxygens (including phenoxy) is 2. The molecule has 0 saturated carbocycles. The maximum absolute atomic E-state index is 5.90. The Balaban J connectivity index is 1.72. The normalized spacial score (nSPS) is 10.7. The van der Waals surface area contributed by atoms with Gasteiger partial charge in [0.1, 0.15) is 18.1 Å². The lowest BCUT2D eigenvalue weighted by molar-refractivity contribution is 0.295. The number of methoxy groups -OCH3 is 1. The van der Waals surface area contributed by atoms with E-state index < -0.39 is 0 Å². The Hall–Kier alpha value is -2.27. The lowest BCUT2D eigenvalue weighted by Crippen LogP contribution is -1.98. The number of benzene rings is 1. The fraction of sp³-hybridized carbons (Fsp3) is 0.143. The first-order valence-corrected chi connectivity index (χ1v) is 6.40. The zero-order valence-electron chi connectivity index (χ0n) is 10.8. The van der Waals surface area contributed by atoms with Crippen LogP contribution in [0.25, 0.3) is 5.65 Å². The van der Waals surface area contributed by atoms with Crippen molar-refractivity contribution in [3.63, 3.8) is 0 Å². The van der Waals surface area contributed by atoms with Crippen LogP contribution >= 0.6 is 11.6 Å². The van der Waals surface area contributed by atoms with E-state index in [0.717, 1.165) is 17.1 Å². The Bertz CT molecular complexity index is 725. The number of halogens is 1. The number of rotatable bonds is 4. The van der Waals surface area contributed by atoms with Crippen LogP contribution in [-0.2, 0) is 6.61 Å². The van der Waals surface area contributed by atoms with E-state index in [1.54, 1.807) is 23.9 Å². The minimum atomic E-state index is 0.297. The van der Waals surface area contributed by atoms with Gasteiger partial charge in [-0.2, -0.15) is 0 Å². The quantitative estimate of drug-likeness (QED) is 0.741. The van der Waals surface area contributed by atoms with Gasteiger partial charge in [0.25, 0.3) is 0 Å². The molecule has 0 N–H and O–H groups in total. The third kappa shape index (κ3) is 2.67. The molecule has 1 aromatic carbocycles. The molecule has 0 spiro atoms. The number of hydrogen-bond acceptors (Lipinski definition) is 4. The smallest absolute Gasteiger partial charge is 0.189 e. The third-order valence-corrected chi connectivity index (χ3v) is 2.99. The van der Waals surface area contributed by atoms with E-state index in [4.69, 9.17) is 21.1 Å². The van der Waals surface area contributed by atoms with Crippen molar-refractivity contribution in [1.82, 2.24) is 14.6 Å². The molecule has 5 nitrogen and oxygen atoms in total. The Labute approximate surface area is 120 Å². The molecular weight excluding hydrogens is 278 g/mol. The second-order valence-corrected chi connectivity index (χ2v) is 4.58. The highest BCUT2D eigenvalue weighted by atomic mass is 35.5. The summed E-state index contributed by atoms with van der Waals surface area (Å²) in [4.78, 5) is 4.35. The summed E-state index contributed by atoms with van der Waals surface area (Å²) in [5, 5.41) is 4.91. The second kappa shape index (κ2) is 5.38. The van der Waals surface area contributed by atoms with Crippen LogP contribution in [0.3, 0.4) is 0 Å². The van der Waals surface area contributed by atoms with Crippen molar-refractivity contribution in [3.05, 3.63) is 53.4 Å². The van der Waals surface area contributed by atoms with Crippen LogP contribution in [0.15, 0.2) is 42.6 Å². The molecule has 0 aliphatic heterocycles. The predicted molar refractivity (Wildman–Crippen MR) is 75.3 cm³/mol. The maximum atomic E-state index is 5.90. The van der Waals surface area contributed by atoms with E-state index in [1.807, 2.05) is 30.3 Å². The zero-order chi connectivity index (χ0) is 13.9. The first kappa shape index (κ1) is 12.7. The van der Waals surface area contributed by atoms with Crippen LogP contribution in [0.2, 0.25) is 5.02 Å². The summed E-state index contributed by atoms with van der Waals surface area (Å²) in [6.07, 6.45) is 1.71. The topological polar surface area (TPSA) is 48.7 Å². The minimum absolute atomic E-state index is 0.297. The molecule has 0 unspecified atom stereocenters. The summed E-state index contributed by atoms with van der Waals surface area (Å²) in [6, 6.07) is 10.9. The van der Waals surface area contributed by atoms with Crippen LogP contribution in [0.1, 0.15) is 5.82 Å². The van der Waals surface area contributed by atoms with Gasteiger partial charge in [-0.05, 0) is 36.4 Å². The van der Waals surface area contributed by atoms with E-state index >= 15 is 0 Å². The summed E-state index contributed by atoms with van der Waals surface area (Å²) in [5.41, 5.74) is 0.739. The van der Waals surface area contributed by atoms with Crippen molar-refractivity contribution < 1.29 is 9.47 Å². The number of aromatic nitrogens is 3. The van der Waals surface area contributed by atoms with E-state index in [9.17, 15) is 0 Å². The zero-order valence-corrected chi connectivity index (χ0v) is 11.5. The van der Waals surface area contributed by atoms with Gasteiger partial charge in [0, 0.05) is 6.20 Å². The minimum Gasteiger partial charge on any atom is -0.497 e. The maximum Gasteiger partial charge on any atom is 0.189 e. The standard InChI is InChI=1S/C14H12ClN3O2/c1-19-11-3-5-12(6-4-11)20-9-13-16-14-7-2-10(15)8-18(14)17-13/h2-8H,9H2,1H3. The summed E-state index contributed by atoms with van der Waals surface area (Å²) < 4.78 is 12.3. The fourth-order valence-electron chi connectivity index (χ4n) is 1.79. The van der Waals surface area contributed by atoms with Crippen LogP contribution in [0, 0.1) is 0 Å². The highest BCUT2D eigenvalue weighted by Gasteiger charge is 2.05. The molecule has 0 aliphatic carbocycles. The summed E-state index contributed by atoms with van der Waals surface area (Å²) in [6.45, 7) is 0.297. The first-order valence-electron chi connectivity index (χ1n) is 6.02. The lowest BCUT2D eigenvalue weighted by atomic mass is 10.3. The molecule has 3 aromatic rings. The van der Waals surface area contributed by atoms with Crippen molar-refractivity contribution in [1.29, 1.82) is 0 Å². The molecule has 102 valence electrons. The number of fused-ring (bicyclic) bond motifs is 1. The molecule has 0 bridgehead atoms. The molecule has 0 saturated heterocycles. The third-order valence-electron chi connectivity index (χ3n) is 2.77. The lowest BCUT2D eigenvalue weighted by Gasteiger charge is -2.04. The number of nitrogens with zero attached hydrogens (tertiary/aromatic N) is 3. The molecule has 0 aliphatic rings. The molecule has 2 aromatic heterocycles. The molecular formula is C14H12ClN3O2. The summed E-state index contributed by atoms with van der Waals surface area (Å²) in [7, 11) is 1.63. The Kier molecular flexibility index (Phi) is 3.43. The molecule has 3 rings (SSSR count). The van der Waals surface area contributed by atoms with Crippen LogP contribution in [-0.4, -0.2) is 21.7 Å². The Morgan fingerprint density at radius 3 is 2.60 bits per heavy atom. The molecule has 20 heavy (non-hydrogen) atoms. The molecule has 0 fully saturated rings.